The van der Waals surface area contributed by atoms with Crippen LogP contribution >= 0.6 is 11.3 Å². The zero-order valence-electron chi connectivity index (χ0n) is 18.1. The number of hydrogen-bond donors (Lipinski definition) is 2. The largest absolute Gasteiger partial charge is 0.454 e. The van der Waals surface area contributed by atoms with Crippen molar-refractivity contribution in [1.29, 1.82) is 0 Å². The molecule has 4 aromatic rings. The van der Waals surface area contributed by atoms with Crippen molar-refractivity contribution in [2.45, 2.75) is 6.92 Å². The maximum absolute atomic E-state index is 13.6. The highest BCUT2D eigenvalue weighted by atomic mass is 32.1. The van der Waals surface area contributed by atoms with Crippen LogP contribution in [0.5, 0.6) is 0 Å². The second-order valence-electron chi connectivity index (χ2n) is 7.44. The number of carbonyl (C=O) groups is 3. The first-order chi connectivity index (χ1) is 16.4. The maximum Gasteiger partial charge on any atom is 0.325 e. The van der Waals surface area contributed by atoms with E-state index in [1.54, 1.807) is 23.5 Å². The third kappa shape index (κ3) is 5.62. The van der Waals surface area contributed by atoms with Gasteiger partial charge in [0.25, 0.3) is 11.8 Å². The molecule has 172 valence electrons. The molecule has 0 bridgehead atoms. The van der Waals surface area contributed by atoms with Gasteiger partial charge in [0.1, 0.15) is 17.4 Å². The Hall–Kier alpha value is -4.11. The summed E-state index contributed by atoms with van der Waals surface area (Å²) in [6.07, 6.45) is 0. The number of fused-ring (bicyclic) bond motifs is 1. The van der Waals surface area contributed by atoms with Gasteiger partial charge in [-0.3, -0.25) is 14.4 Å². The summed E-state index contributed by atoms with van der Waals surface area (Å²) < 4.78 is 19.5. The van der Waals surface area contributed by atoms with Gasteiger partial charge in [0.05, 0.1) is 15.8 Å². The van der Waals surface area contributed by atoms with Crippen LogP contribution in [0.3, 0.4) is 0 Å². The van der Waals surface area contributed by atoms with Gasteiger partial charge in [-0.05, 0) is 61.0 Å². The first kappa shape index (κ1) is 23.1. The fourth-order valence-corrected chi connectivity index (χ4v) is 4.21. The lowest BCUT2D eigenvalue weighted by Crippen LogP contribution is -2.32. The van der Waals surface area contributed by atoms with Crippen LogP contribution in [0.1, 0.15) is 15.9 Å². The molecule has 2 N–H and O–H groups in total. The van der Waals surface area contributed by atoms with Crippen LogP contribution in [0.2, 0.25) is 0 Å². The van der Waals surface area contributed by atoms with Crippen molar-refractivity contribution in [3.8, 4) is 10.6 Å². The number of nitrogens with zero attached hydrogens (tertiary/aromatic N) is 1. The number of aryl methyl sites for hydroxylation is 1. The van der Waals surface area contributed by atoms with Gasteiger partial charge in [0, 0.05) is 11.3 Å². The minimum atomic E-state index is -0.818. The number of thiazole rings is 1. The minimum Gasteiger partial charge on any atom is -0.454 e. The number of halogens is 1. The highest BCUT2D eigenvalue weighted by Crippen LogP contribution is 2.31. The molecular weight excluding hydrogens is 457 g/mol. The molecular formula is C25H20FN3O4S. The molecule has 0 spiro atoms. The van der Waals surface area contributed by atoms with Crippen LogP contribution in [0.15, 0.2) is 66.7 Å². The zero-order valence-corrected chi connectivity index (χ0v) is 18.9. The topological polar surface area (TPSA) is 97.4 Å². The van der Waals surface area contributed by atoms with E-state index in [4.69, 9.17) is 4.74 Å². The number of nitrogens with one attached hydrogen (secondary N) is 2. The van der Waals surface area contributed by atoms with Gasteiger partial charge in [0.2, 0.25) is 0 Å². The number of benzene rings is 3. The fraction of sp³-hybridized carbons (Fsp3) is 0.120. The first-order valence-corrected chi connectivity index (χ1v) is 11.2. The third-order valence-corrected chi connectivity index (χ3v) is 5.90. The summed E-state index contributed by atoms with van der Waals surface area (Å²) in [5.41, 5.74) is 3.39. The number of amides is 2. The van der Waals surface area contributed by atoms with Gasteiger partial charge in [-0.2, -0.15) is 0 Å². The van der Waals surface area contributed by atoms with Crippen molar-refractivity contribution >= 4 is 45.0 Å². The van der Waals surface area contributed by atoms with Crippen LogP contribution < -0.4 is 10.6 Å². The van der Waals surface area contributed by atoms with Crippen LogP contribution in [0, 0.1) is 12.7 Å². The quantitative estimate of drug-likeness (QED) is 0.387. The van der Waals surface area contributed by atoms with E-state index in [2.05, 4.69) is 21.7 Å². The van der Waals surface area contributed by atoms with Gasteiger partial charge in [0.15, 0.2) is 6.61 Å². The standard InChI is InChI=1S/C25H20FN3O4S/c1-15-6-11-20-21(12-15)34-25(29-20)16-7-9-17(10-8-16)28-22(30)14-33-23(31)13-27-24(32)18-4-2-3-5-19(18)26/h2-12H,13-14H2,1H3,(H,27,32)(H,28,30). The van der Waals surface area contributed by atoms with Crippen LogP contribution in [0.4, 0.5) is 10.1 Å². The number of hydrogen-bond acceptors (Lipinski definition) is 6. The lowest BCUT2D eigenvalue weighted by atomic mass is 10.2. The molecule has 7 nitrogen and oxygen atoms in total. The van der Waals surface area contributed by atoms with Crippen molar-refractivity contribution in [1.82, 2.24) is 10.3 Å². The van der Waals surface area contributed by atoms with Crippen LogP contribution in [-0.2, 0) is 14.3 Å². The molecule has 4 rings (SSSR count). The predicted molar refractivity (Wildman–Crippen MR) is 128 cm³/mol. The Labute approximate surface area is 198 Å². The van der Waals surface area contributed by atoms with Crippen molar-refractivity contribution in [3.05, 3.63) is 83.7 Å². The smallest absolute Gasteiger partial charge is 0.325 e. The summed E-state index contributed by atoms with van der Waals surface area (Å²) in [5, 5.41) is 5.77. The van der Waals surface area contributed by atoms with Gasteiger partial charge in [-0.25, -0.2) is 9.37 Å². The number of ether oxygens (including phenoxy) is 1. The SMILES string of the molecule is Cc1ccc2nc(-c3ccc(NC(=O)COC(=O)CNC(=O)c4ccccc4F)cc3)sc2c1. The third-order valence-electron chi connectivity index (χ3n) is 4.84. The Balaban J connectivity index is 1.25. The van der Waals surface area contributed by atoms with E-state index in [9.17, 15) is 18.8 Å². The molecule has 0 radical (unpaired) electrons. The van der Waals surface area contributed by atoms with E-state index in [0.29, 0.717) is 5.69 Å². The van der Waals surface area contributed by atoms with E-state index < -0.39 is 36.8 Å². The Morgan fingerprint density at radius 1 is 1.03 bits per heavy atom. The minimum absolute atomic E-state index is 0.183. The Bertz CT molecular complexity index is 1370. The molecule has 0 fully saturated rings. The van der Waals surface area contributed by atoms with Crippen molar-refractivity contribution in [2.75, 3.05) is 18.5 Å². The van der Waals surface area contributed by atoms with Crippen LogP contribution in [-0.4, -0.2) is 35.9 Å². The van der Waals surface area contributed by atoms with E-state index in [-0.39, 0.29) is 5.56 Å². The molecule has 0 aliphatic heterocycles. The predicted octanol–water partition coefficient (Wildman–Crippen LogP) is 4.32. The monoisotopic (exact) mass is 477 g/mol. The van der Waals surface area contributed by atoms with E-state index in [1.165, 1.54) is 23.8 Å². The Kier molecular flexibility index (Phi) is 6.93. The van der Waals surface area contributed by atoms with Crippen molar-refractivity contribution in [2.24, 2.45) is 0 Å². The van der Waals surface area contributed by atoms with E-state index in [1.807, 2.05) is 31.2 Å². The normalized spacial score (nSPS) is 10.6. The molecule has 0 atom stereocenters. The van der Waals surface area contributed by atoms with Gasteiger partial charge in [-0.1, -0.05) is 18.2 Å². The second-order valence-corrected chi connectivity index (χ2v) is 8.47. The highest BCUT2D eigenvalue weighted by molar-refractivity contribution is 7.21. The maximum atomic E-state index is 13.6. The van der Waals surface area contributed by atoms with Crippen LogP contribution in [0.25, 0.3) is 20.8 Å². The Morgan fingerprint density at radius 2 is 1.79 bits per heavy atom. The van der Waals surface area contributed by atoms with Crippen molar-refractivity contribution < 1.29 is 23.5 Å². The summed E-state index contributed by atoms with van der Waals surface area (Å²) in [7, 11) is 0. The fourth-order valence-electron chi connectivity index (χ4n) is 3.14. The summed E-state index contributed by atoms with van der Waals surface area (Å²) >= 11 is 1.59. The zero-order chi connectivity index (χ0) is 24.1. The molecule has 3 aromatic carbocycles. The number of aromatic nitrogens is 1. The number of carbonyl (C=O) groups excluding carboxylic acids is 3. The molecule has 9 heteroatoms. The number of esters is 1. The molecule has 0 saturated carbocycles. The second kappa shape index (κ2) is 10.2. The lowest BCUT2D eigenvalue weighted by molar-refractivity contribution is -0.146. The summed E-state index contributed by atoms with van der Waals surface area (Å²) in [4.78, 5) is 40.4. The summed E-state index contributed by atoms with van der Waals surface area (Å²) in [5.74, 6) is -2.79. The molecule has 1 aromatic heterocycles. The average molecular weight is 478 g/mol. The molecule has 2 amide bonds. The summed E-state index contributed by atoms with van der Waals surface area (Å²) in [6, 6.07) is 18.7. The Morgan fingerprint density at radius 3 is 2.56 bits per heavy atom. The number of rotatable bonds is 7. The molecule has 1 heterocycles. The highest BCUT2D eigenvalue weighted by Gasteiger charge is 2.14. The summed E-state index contributed by atoms with van der Waals surface area (Å²) in [6.45, 7) is 1.03. The van der Waals surface area contributed by atoms with Gasteiger partial charge in [-0.15, -0.1) is 11.3 Å². The lowest BCUT2D eigenvalue weighted by Gasteiger charge is -2.08. The van der Waals surface area contributed by atoms with Gasteiger partial charge < -0.3 is 15.4 Å². The molecule has 0 aliphatic carbocycles. The molecule has 34 heavy (non-hydrogen) atoms. The molecule has 0 aliphatic rings. The van der Waals surface area contributed by atoms with Crippen molar-refractivity contribution in [3.63, 3.8) is 0 Å². The number of anilines is 1. The first-order valence-electron chi connectivity index (χ1n) is 10.3. The molecule has 0 unspecified atom stereocenters. The molecule has 0 saturated heterocycles. The van der Waals surface area contributed by atoms with Gasteiger partial charge >= 0.3 is 5.97 Å². The van der Waals surface area contributed by atoms with E-state index in [0.717, 1.165) is 26.9 Å². The average Bonchev–Trinajstić information content (AvgIpc) is 3.25. The van der Waals surface area contributed by atoms with E-state index >= 15 is 0 Å².